The van der Waals surface area contributed by atoms with E-state index in [0.717, 1.165) is 5.56 Å². The first-order valence-electron chi connectivity index (χ1n) is 14.4. The van der Waals surface area contributed by atoms with Crippen molar-refractivity contribution in [3.8, 4) is 11.5 Å². The number of carbonyl (C=O) groups excluding carboxylic acids is 2. The number of fused-ring (bicyclic) bond motifs is 1. The van der Waals surface area contributed by atoms with Crippen molar-refractivity contribution in [2.24, 2.45) is 5.41 Å². The number of hydrogen-bond donors (Lipinski definition) is 3. The maximum Gasteiger partial charge on any atom is 0.354 e. The highest BCUT2D eigenvalue weighted by Gasteiger charge is 2.45. The number of aromatic nitrogens is 1. The van der Waals surface area contributed by atoms with E-state index >= 15 is 4.39 Å². The molecule has 4 aromatic rings. The molecule has 1 aliphatic heterocycles. The zero-order valence-corrected chi connectivity index (χ0v) is 24.6. The van der Waals surface area contributed by atoms with Crippen LogP contribution >= 0.6 is 0 Å². The van der Waals surface area contributed by atoms with E-state index in [1.54, 1.807) is 12.1 Å². The number of allylic oxidation sites excluding steroid dienone is 1. The number of ketones is 1. The predicted molar refractivity (Wildman–Crippen MR) is 165 cm³/mol. The number of halogens is 1. The van der Waals surface area contributed by atoms with Crippen LogP contribution in [-0.2, 0) is 11.4 Å². The molecule has 0 saturated heterocycles. The molecule has 3 N–H and O–H groups in total. The molecule has 45 heavy (non-hydrogen) atoms. The van der Waals surface area contributed by atoms with Gasteiger partial charge in [0.15, 0.2) is 5.78 Å². The van der Waals surface area contributed by atoms with Crippen LogP contribution in [0.5, 0.6) is 11.5 Å². The number of rotatable bonds is 6. The Hall–Kier alpha value is -5.51. The van der Waals surface area contributed by atoms with Gasteiger partial charge in [0.1, 0.15) is 41.0 Å². The lowest BCUT2D eigenvalue weighted by molar-refractivity contribution is -0.118. The summed E-state index contributed by atoms with van der Waals surface area (Å²) < 4.78 is 22.1. The SMILES string of the molecule is CC1(C)CC(=O)C2=C(C1)Nc1c(O)cccc1N(C(=O)c1cccc(C(=O)O)n1)[C@H]2c1ccc(OCc2ccccc2)cc1F. The number of amides is 1. The number of benzene rings is 3. The first kappa shape index (κ1) is 29.6. The van der Waals surface area contributed by atoms with E-state index in [1.807, 2.05) is 44.2 Å². The first-order chi connectivity index (χ1) is 21.5. The Bertz CT molecular complexity index is 1870. The van der Waals surface area contributed by atoms with Crippen LogP contribution < -0.4 is 15.0 Å². The molecule has 0 unspecified atom stereocenters. The Kier molecular flexibility index (Phi) is 7.57. The third-order valence-electron chi connectivity index (χ3n) is 7.93. The van der Waals surface area contributed by atoms with Crippen LogP contribution in [0, 0.1) is 11.2 Å². The molecule has 10 heteroatoms. The summed E-state index contributed by atoms with van der Waals surface area (Å²) in [4.78, 5) is 45.3. The topological polar surface area (TPSA) is 129 Å². The number of aromatic hydroxyl groups is 1. The lowest BCUT2D eigenvalue weighted by Gasteiger charge is -2.37. The van der Waals surface area contributed by atoms with Gasteiger partial charge in [-0.05, 0) is 53.8 Å². The number of ether oxygens (including phenoxy) is 1. The molecule has 2 heterocycles. The number of nitrogens with one attached hydrogen (secondary N) is 1. The Labute approximate surface area is 258 Å². The van der Waals surface area contributed by atoms with Crippen LogP contribution in [0.1, 0.15) is 64.8 Å². The number of carboxylic acid groups (broad SMARTS) is 1. The van der Waals surface area contributed by atoms with Crippen LogP contribution in [0.15, 0.2) is 96.2 Å². The highest BCUT2D eigenvalue weighted by Crippen LogP contribution is 2.51. The lowest BCUT2D eigenvalue weighted by atomic mass is 9.73. The Morgan fingerprint density at radius 2 is 1.73 bits per heavy atom. The molecule has 6 rings (SSSR count). The second-order valence-electron chi connectivity index (χ2n) is 11.9. The Morgan fingerprint density at radius 1 is 1.00 bits per heavy atom. The second kappa shape index (κ2) is 11.5. The number of phenolic OH excluding ortho intramolecular Hbond substituents is 1. The average molecular weight is 608 g/mol. The van der Waals surface area contributed by atoms with Crippen LogP contribution in [0.4, 0.5) is 15.8 Å². The lowest BCUT2D eigenvalue weighted by Crippen LogP contribution is -2.40. The van der Waals surface area contributed by atoms with Gasteiger partial charge in [-0.2, -0.15) is 0 Å². The van der Waals surface area contributed by atoms with Crippen molar-refractivity contribution in [1.29, 1.82) is 0 Å². The van der Waals surface area contributed by atoms with Crippen molar-refractivity contribution >= 4 is 29.0 Å². The van der Waals surface area contributed by atoms with Gasteiger partial charge in [-0.3, -0.25) is 14.5 Å². The monoisotopic (exact) mass is 607 g/mol. The number of pyridine rings is 1. The molecule has 3 aromatic carbocycles. The molecule has 1 atom stereocenters. The van der Waals surface area contributed by atoms with Crippen molar-refractivity contribution in [3.05, 3.63) is 125 Å². The summed E-state index contributed by atoms with van der Waals surface area (Å²) >= 11 is 0. The summed E-state index contributed by atoms with van der Waals surface area (Å²) in [5.41, 5.74) is 0.810. The average Bonchev–Trinajstić information content (AvgIpc) is 3.15. The molecule has 0 radical (unpaired) electrons. The largest absolute Gasteiger partial charge is 0.506 e. The summed E-state index contributed by atoms with van der Waals surface area (Å²) in [5.74, 6) is -3.06. The molecular weight excluding hydrogens is 577 g/mol. The zero-order chi connectivity index (χ0) is 31.9. The zero-order valence-electron chi connectivity index (χ0n) is 24.6. The summed E-state index contributed by atoms with van der Waals surface area (Å²) in [5, 5.41) is 23.7. The molecule has 1 amide bonds. The minimum absolute atomic E-state index is 0.0170. The summed E-state index contributed by atoms with van der Waals surface area (Å²) in [6, 6.07) is 20.9. The molecule has 9 nitrogen and oxygen atoms in total. The van der Waals surface area contributed by atoms with E-state index < -0.39 is 29.2 Å². The molecule has 1 aromatic heterocycles. The highest BCUT2D eigenvalue weighted by atomic mass is 19.1. The van der Waals surface area contributed by atoms with E-state index in [-0.39, 0.29) is 64.2 Å². The molecular formula is C35H30FN3O6. The Balaban J connectivity index is 1.54. The van der Waals surface area contributed by atoms with Crippen molar-refractivity contribution < 1.29 is 33.7 Å². The van der Waals surface area contributed by atoms with Crippen molar-refractivity contribution in [2.75, 3.05) is 10.2 Å². The van der Waals surface area contributed by atoms with E-state index in [0.29, 0.717) is 12.1 Å². The van der Waals surface area contributed by atoms with Gasteiger partial charge >= 0.3 is 5.97 Å². The highest BCUT2D eigenvalue weighted by molar-refractivity contribution is 6.12. The van der Waals surface area contributed by atoms with E-state index in [4.69, 9.17) is 4.74 Å². The van der Waals surface area contributed by atoms with E-state index in [2.05, 4.69) is 10.3 Å². The van der Waals surface area contributed by atoms with Gasteiger partial charge < -0.3 is 20.3 Å². The van der Waals surface area contributed by atoms with Gasteiger partial charge in [0.05, 0.1) is 11.7 Å². The van der Waals surface area contributed by atoms with Gasteiger partial charge in [0, 0.05) is 29.3 Å². The number of hydrogen-bond acceptors (Lipinski definition) is 7. The summed E-state index contributed by atoms with van der Waals surface area (Å²) in [6.07, 6.45) is 0.522. The summed E-state index contributed by atoms with van der Waals surface area (Å²) in [6.45, 7) is 4.08. The fourth-order valence-corrected chi connectivity index (χ4v) is 5.92. The number of Topliss-reactive ketones (excluding diaryl/α,β-unsaturated/α-hetero) is 1. The number of phenols is 1. The second-order valence-corrected chi connectivity index (χ2v) is 11.9. The molecule has 0 spiro atoms. The number of carboxylic acids is 1. The maximum atomic E-state index is 16.3. The first-order valence-corrected chi connectivity index (χ1v) is 14.4. The van der Waals surface area contributed by atoms with Crippen LogP contribution in [0.25, 0.3) is 0 Å². The van der Waals surface area contributed by atoms with Gasteiger partial charge in [0.25, 0.3) is 5.91 Å². The quantitative estimate of drug-likeness (QED) is 0.208. The number of carbonyl (C=O) groups is 3. The number of anilines is 2. The number of nitrogens with zero attached hydrogens (tertiary/aromatic N) is 2. The van der Waals surface area contributed by atoms with Crippen LogP contribution in [-0.4, -0.2) is 32.9 Å². The van der Waals surface area contributed by atoms with Crippen molar-refractivity contribution in [3.63, 3.8) is 0 Å². The normalized spacial score (nSPS) is 17.1. The molecule has 0 fully saturated rings. The molecule has 2 aliphatic rings. The van der Waals surface area contributed by atoms with Gasteiger partial charge in [0.2, 0.25) is 0 Å². The predicted octanol–water partition coefficient (Wildman–Crippen LogP) is 6.66. The van der Waals surface area contributed by atoms with Crippen LogP contribution in [0.3, 0.4) is 0 Å². The fraction of sp³-hybridized carbons (Fsp3) is 0.200. The number of para-hydroxylation sites is 1. The fourth-order valence-electron chi connectivity index (χ4n) is 5.92. The third kappa shape index (κ3) is 5.74. The molecule has 0 bridgehead atoms. The molecule has 228 valence electrons. The van der Waals surface area contributed by atoms with E-state index in [1.165, 1.54) is 47.4 Å². The minimum Gasteiger partial charge on any atom is -0.506 e. The van der Waals surface area contributed by atoms with Crippen molar-refractivity contribution in [2.45, 2.75) is 39.3 Å². The Morgan fingerprint density at radius 3 is 2.47 bits per heavy atom. The molecule has 1 aliphatic carbocycles. The minimum atomic E-state index is -1.33. The van der Waals surface area contributed by atoms with E-state index in [9.17, 15) is 24.6 Å². The maximum absolute atomic E-state index is 16.3. The standard InChI is InChI=1S/C35H30FN3O6/c1-35(2)17-26-30(29(41)18-35)32(22-15-14-21(16-23(22)36)45-19-20-8-4-3-5-9-20)39(27-12-7-13-28(40)31(27)38-26)33(42)24-10-6-11-25(37-24)34(43)44/h3-16,32,38,40H,17-19H2,1-2H3,(H,43,44)/t32-/m0/s1. The summed E-state index contributed by atoms with van der Waals surface area (Å²) in [7, 11) is 0. The molecule has 0 saturated carbocycles. The van der Waals surface area contributed by atoms with Gasteiger partial charge in [-0.1, -0.05) is 56.3 Å². The van der Waals surface area contributed by atoms with Crippen molar-refractivity contribution in [1.82, 2.24) is 4.98 Å². The van der Waals surface area contributed by atoms with Gasteiger partial charge in [-0.15, -0.1) is 0 Å². The van der Waals surface area contributed by atoms with Gasteiger partial charge in [-0.25, -0.2) is 14.2 Å². The third-order valence-corrected chi connectivity index (χ3v) is 7.93. The smallest absolute Gasteiger partial charge is 0.354 e. The number of aromatic carboxylic acids is 1. The van der Waals surface area contributed by atoms with Crippen LogP contribution in [0.2, 0.25) is 0 Å².